The van der Waals surface area contributed by atoms with Gasteiger partial charge in [0.2, 0.25) is 5.91 Å². The lowest BCUT2D eigenvalue weighted by molar-refractivity contribution is -0.121. The van der Waals surface area contributed by atoms with Crippen LogP contribution >= 0.6 is 35.3 Å². The Kier molecular flexibility index (Phi) is 8.60. The molecule has 0 saturated carbocycles. The molecule has 0 aromatic carbocycles. The summed E-state index contributed by atoms with van der Waals surface area (Å²) in [6, 6.07) is 2.40. The lowest BCUT2D eigenvalue weighted by Crippen LogP contribution is -2.45. The summed E-state index contributed by atoms with van der Waals surface area (Å²) in [4.78, 5) is 21.4. The van der Waals surface area contributed by atoms with E-state index in [1.807, 2.05) is 18.4 Å². The molecule has 1 aliphatic heterocycles. The smallest absolute Gasteiger partial charge is 0.220 e. The van der Waals surface area contributed by atoms with Crippen LogP contribution in [-0.4, -0.2) is 44.0 Å². The maximum atomic E-state index is 11.6. The summed E-state index contributed by atoms with van der Waals surface area (Å²) in [5.74, 6) is 1.63. The highest BCUT2D eigenvalue weighted by atomic mass is 127. The van der Waals surface area contributed by atoms with E-state index in [1.165, 1.54) is 24.1 Å². The molecule has 0 bridgehead atoms. The van der Waals surface area contributed by atoms with Crippen LogP contribution in [0.15, 0.2) is 11.1 Å². The van der Waals surface area contributed by atoms with Crippen LogP contribution in [0.1, 0.15) is 54.8 Å². The van der Waals surface area contributed by atoms with Crippen molar-refractivity contribution in [2.24, 2.45) is 16.3 Å². The molecule has 1 aromatic rings. The van der Waals surface area contributed by atoms with Crippen molar-refractivity contribution in [3.05, 3.63) is 21.4 Å². The summed E-state index contributed by atoms with van der Waals surface area (Å²) in [7, 11) is 3.58. The van der Waals surface area contributed by atoms with E-state index < -0.39 is 0 Å². The Morgan fingerprint density at radius 1 is 1.36 bits per heavy atom. The molecule has 2 aliphatic rings. The largest absolute Gasteiger partial charge is 0.359 e. The average Bonchev–Trinajstić information content (AvgIpc) is 3.04. The van der Waals surface area contributed by atoms with Crippen LogP contribution in [0.3, 0.4) is 0 Å². The van der Waals surface area contributed by atoms with Gasteiger partial charge in [-0.05, 0) is 55.1 Å². The molecule has 2 heterocycles. The number of halogens is 1. The van der Waals surface area contributed by atoms with E-state index in [4.69, 9.17) is 0 Å². The molecule has 0 unspecified atom stereocenters. The highest BCUT2D eigenvalue weighted by Crippen LogP contribution is 2.38. The maximum Gasteiger partial charge on any atom is 0.220 e. The number of carbonyl (C=O) groups is 1. The zero-order chi connectivity index (χ0) is 19.4. The predicted octanol–water partition coefficient (Wildman–Crippen LogP) is 3.80. The SMILES string of the molecule is CN=C(NCc1cc2c(s1)CCC(C)(C)C2)N1CCC(CC(=O)NC)CC1.I. The Morgan fingerprint density at radius 2 is 2.07 bits per heavy atom. The first-order valence-corrected chi connectivity index (χ1v) is 11.0. The van der Waals surface area contributed by atoms with Crippen LogP contribution in [0.25, 0.3) is 0 Å². The number of guanidine groups is 1. The summed E-state index contributed by atoms with van der Waals surface area (Å²) < 4.78 is 0. The fourth-order valence-corrected chi connectivity index (χ4v) is 5.37. The van der Waals surface area contributed by atoms with Gasteiger partial charge in [-0.1, -0.05) is 13.8 Å². The van der Waals surface area contributed by atoms with Gasteiger partial charge in [0.15, 0.2) is 5.96 Å². The summed E-state index contributed by atoms with van der Waals surface area (Å²) >= 11 is 1.96. The summed E-state index contributed by atoms with van der Waals surface area (Å²) in [5, 5.41) is 6.29. The monoisotopic (exact) mass is 518 g/mol. The molecule has 1 saturated heterocycles. The first-order chi connectivity index (χ1) is 12.9. The van der Waals surface area contributed by atoms with E-state index >= 15 is 0 Å². The quantitative estimate of drug-likeness (QED) is 0.362. The molecule has 0 spiro atoms. The van der Waals surface area contributed by atoms with Crippen molar-refractivity contribution in [2.45, 2.75) is 58.9 Å². The van der Waals surface area contributed by atoms with Crippen molar-refractivity contribution in [1.29, 1.82) is 0 Å². The van der Waals surface area contributed by atoms with E-state index in [2.05, 4.69) is 40.4 Å². The van der Waals surface area contributed by atoms with Gasteiger partial charge in [0.1, 0.15) is 0 Å². The topological polar surface area (TPSA) is 56.7 Å². The minimum Gasteiger partial charge on any atom is -0.359 e. The molecule has 1 aromatic heterocycles. The van der Waals surface area contributed by atoms with Gasteiger partial charge in [-0.15, -0.1) is 35.3 Å². The number of fused-ring (bicyclic) bond motifs is 1. The Balaban J connectivity index is 0.00000280. The van der Waals surface area contributed by atoms with Crippen LogP contribution in [-0.2, 0) is 24.2 Å². The first-order valence-electron chi connectivity index (χ1n) is 10.2. The fraction of sp³-hybridized carbons (Fsp3) is 0.714. The van der Waals surface area contributed by atoms with Crippen molar-refractivity contribution in [3.8, 4) is 0 Å². The number of piperidine rings is 1. The van der Waals surface area contributed by atoms with Gasteiger partial charge in [0.05, 0.1) is 6.54 Å². The molecule has 1 aliphatic carbocycles. The van der Waals surface area contributed by atoms with Gasteiger partial charge in [0.25, 0.3) is 0 Å². The molecule has 1 amide bonds. The second-order valence-corrected chi connectivity index (χ2v) is 9.93. The van der Waals surface area contributed by atoms with Gasteiger partial charge < -0.3 is 15.5 Å². The Hall–Kier alpha value is -0.830. The van der Waals surface area contributed by atoms with Crippen LogP contribution in [0.4, 0.5) is 0 Å². The third kappa shape index (κ3) is 6.08. The van der Waals surface area contributed by atoms with Crippen molar-refractivity contribution in [3.63, 3.8) is 0 Å². The third-order valence-electron chi connectivity index (χ3n) is 5.95. The average molecular weight is 519 g/mol. The van der Waals surface area contributed by atoms with Crippen molar-refractivity contribution >= 4 is 47.2 Å². The molecular weight excluding hydrogens is 483 g/mol. The number of aryl methyl sites for hydroxylation is 1. The summed E-state index contributed by atoms with van der Waals surface area (Å²) in [6.45, 7) is 7.54. The van der Waals surface area contributed by atoms with E-state index in [0.717, 1.165) is 38.4 Å². The lowest BCUT2D eigenvalue weighted by atomic mass is 9.77. The lowest BCUT2D eigenvalue weighted by Gasteiger charge is -2.34. The molecular formula is C21H35IN4OS. The van der Waals surface area contributed by atoms with Gasteiger partial charge in [-0.25, -0.2) is 0 Å². The third-order valence-corrected chi connectivity index (χ3v) is 7.18. The van der Waals surface area contributed by atoms with Crippen molar-refractivity contribution in [1.82, 2.24) is 15.5 Å². The Morgan fingerprint density at radius 3 is 2.71 bits per heavy atom. The van der Waals surface area contributed by atoms with Gasteiger partial charge in [-0.2, -0.15) is 0 Å². The number of rotatable bonds is 4. The number of thiophene rings is 1. The van der Waals surface area contributed by atoms with Crippen LogP contribution < -0.4 is 10.6 Å². The number of likely N-dealkylation sites (tertiary alicyclic amines) is 1. The number of nitrogens with one attached hydrogen (secondary N) is 2. The zero-order valence-corrected chi connectivity index (χ0v) is 20.8. The van der Waals surface area contributed by atoms with Gasteiger partial charge in [-0.3, -0.25) is 9.79 Å². The predicted molar refractivity (Wildman–Crippen MR) is 129 cm³/mol. The second kappa shape index (κ2) is 10.3. The molecule has 28 heavy (non-hydrogen) atoms. The van der Waals surface area contributed by atoms with Gasteiger partial charge in [0, 0.05) is 43.4 Å². The minimum absolute atomic E-state index is 0. The molecule has 7 heteroatoms. The van der Waals surface area contributed by atoms with E-state index in [0.29, 0.717) is 17.8 Å². The summed E-state index contributed by atoms with van der Waals surface area (Å²) in [6.07, 6.45) is 6.47. The molecule has 0 radical (unpaired) electrons. The highest BCUT2D eigenvalue weighted by Gasteiger charge is 2.27. The van der Waals surface area contributed by atoms with E-state index in [1.54, 1.807) is 17.5 Å². The molecule has 2 N–H and O–H groups in total. The number of amides is 1. The molecule has 0 atom stereocenters. The number of hydrogen-bond acceptors (Lipinski definition) is 3. The molecule has 5 nitrogen and oxygen atoms in total. The number of nitrogens with zero attached hydrogens (tertiary/aromatic N) is 2. The normalized spacial score (nSPS) is 19.6. The summed E-state index contributed by atoms with van der Waals surface area (Å²) in [5.41, 5.74) is 1.99. The number of carbonyl (C=O) groups excluding carboxylic acids is 1. The second-order valence-electron chi connectivity index (χ2n) is 8.71. The molecule has 3 rings (SSSR count). The van der Waals surface area contributed by atoms with Crippen molar-refractivity contribution in [2.75, 3.05) is 27.2 Å². The molecule has 158 valence electrons. The van der Waals surface area contributed by atoms with E-state index in [-0.39, 0.29) is 29.9 Å². The number of aliphatic imine (C=N–C) groups is 1. The number of hydrogen-bond donors (Lipinski definition) is 2. The first kappa shape index (κ1) is 23.4. The highest BCUT2D eigenvalue weighted by molar-refractivity contribution is 14.0. The standard InChI is InChI=1S/C21H34N4OS.HI/c1-21(2)8-5-18-16(13-21)12-17(27-18)14-24-20(23-4)25-9-6-15(7-10-25)11-19(26)22-3;/h12,15H,5-11,13-14H2,1-4H3,(H,22,26)(H,23,24);1H. The van der Waals surface area contributed by atoms with Gasteiger partial charge >= 0.3 is 0 Å². The zero-order valence-electron chi connectivity index (χ0n) is 17.6. The maximum absolute atomic E-state index is 11.6. The van der Waals surface area contributed by atoms with Crippen LogP contribution in [0.5, 0.6) is 0 Å². The van der Waals surface area contributed by atoms with E-state index in [9.17, 15) is 4.79 Å². The fourth-order valence-electron chi connectivity index (χ4n) is 4.24. The Labute approximate surface area is 190 Å². The minimum atomic E-state index is 0. The van der Waals surface area contributed by atoms with Crippen molar-refractivity contribution < 1.29 is 4.79 Å². The Bertz CT molecular complexity index is 693. The molecule has 1 fully saturated rings. The van der Waals surface area contributed by atoms with Crippen LogP contribution in [0, 0.1) is 11.3 Å². The van der Waals surface area contributed by atoms with Crippen LogP contribution in [0.2, 0.25) is 0 Å².